The van der Waals surface area contributed by atoms with E-state index in [1.54, 1.807) is 6.26 Å². The maximum atomic E-state index is 12.6. The average Bonchev–Trinajstić information content (AvgIpc) is 3.21. The van der Waals surface area contributed by atoms with E-state index < -0.39 is 0 Å². The van der Waals surface area contributed by atoms with Crippen molar-refractivity contribution in [1.29, 1.82) is 0 Å². The van der Waals surface area contributed by atoms with Crippen LogP contribution < -0.4 is 0 Å². The summed E-state index contributed by atoms with van der Waals surface area (Å²) in [4.78, 5) is 19.6. The Morgan fingerprint density at radius 2 is 1.75 bits per heavy atom. The van der Waals surface area contributed by atoms with Crippen molar-refractivity contribution >= 4 is 5.91 Å². The van der Waals surface area contributed by atoms with Crippen molar-refractivity contribution in [3.8, 4) is 11.3 Å². The molecular weight excluding hydrogens is 350 g/mol. The van der Waals surface area contributed by atoms with Crippen LogP contribution >= 0.6 is 0 Å². The second-order valence-electron chi connectivity index (χ2n) is 7.99. The van der Waals surface area contributed by atoms with Gasteiger partial charge in [-0.1, -0.05) is 24.6 Å². The molecule has 1 aromatic carbocycles. The predicted molar refractivity (Wildman–Crippen MR) is 111 cm³/mol. The summed E-state index contributed by atoms with van der Waals surface area (Å²) in [6.07, 6.45) is 6.30. The molecule has 3 heterocycles. The molecule has 0 aliphatic carbocycles. The first-order valence-electron chi connectivity index (χ1n) is 10.6. The van der Waals surface area contributed by atoms with E-state index in [1.807, 2.05) is 12.1 Å². The van der Waals surface area contributed by atoms with Crippen molar-refractivity contribution in [2.24, 2.45) is 0 Å². The molecule has 2 saturated heterocycles. The van der Waals surface area contributed by atoms with Crippen molar-refractivity contribution in [2.45, 2.75) is 32.2 Å². The number of hydrogen-bond acceptors (Lipinski definition) is 4. The highest BCUT2D eigenvalue weighted by Crippen LogP contribution is 2.22. The van der Waals surface area contributed by atoms with E-state index in [4.69, 9.17) is 4.42 Å². The summed E-state index contributed by atoms with van der Waals surface area (Å²) in [5.41, 5.74) is 2.37. The van der Waals surface area contributed by atoms with Gasteiger partial charge >= 0.3 is 0 Å². The lowest BCUT2D eigenvalue weighted by Crippen LogP contribution is -2.41. The maximum Gasteiger partial charge on any atom is 0.223 e. The highest BCUT2D eigenvalue weighted by atomic mass is 16.3. The van der Waals surface area contributed by atoms with Crippen LogP contribution in [0, 0.1) is 0 Å². The first-order valence-corrected chi connectivity index (χ1v) is 10.6. The van der Waals surface area contributed by atoms with E-state index in [0.717, 1.165) is 50.6 Å². The molecule has 0 radical (unpaired) electrons. The quantitative estimate of drug-likeness (QED) is 0.768. The molecular formula is C23H31N3O2. The van der Waals surface area contributed by atoms with Crippen LogP contribution in [0.5, 0.6) is 0 Å². The molecule has 0 unspecified atom stereocenters. The molecule has 0 N–H and O–H groups in total. The number of nitrogens with zero attached hydrogens (tertiary/aromatic N) is 3. The van der Waals surface area contributed by atoms with Gasteiger partial charge in [-0.2, -0.15) is 0 Å². The minimum absolute atomic E-state index is 0.309. The molecule has 5 nitrogen and oxygen atoms in total. The second kappa shape index (κ2) is 9.39. The Bertz CT molecular complexity index is 753. The smallest absolute Gasteiger partial charge is 0.223 e. The fraction of sp³-hybridized carbons (Fsp3) is 0.522. The first-order chi connectivity index (χ1) is 13.8. The second-order valence-corrected chi connectivity index (χ2v) is 7.99. The summed E-state index contributed by atoms with van der Waals surface area (Å²) >= 11 is 0. The van der Waals surface area contributed by atoms with Gasteiger partial charge in [-0.05, 0) is 49.7 Å². The van der Waals surface area contributed by atoms with Crippen molar-refractivity contribution in [3.63, 3.8) is 0 Å². The number of carbonyl (C=O) groups excluding carboxylic acids is 1. The lowest BCUT2D eigenvalue weighted by molar-refractivity contribution is -0.130. The van der Waals surface area contributed by atoms with Gasteiger partial charge in [-0.3, -0.25) is 9.69 Å². The van der Waals surface area contributed by atoms with Crippen molar-refractivity contribution in [1.82, 2.24) is 14.7 Å². The molecule has 1 aromatic heterocycles. The number of amides is 1. The number of piperidine rings is 1. The summed E-state index contributed by atoms with van der Waals surface area (Å²) in [6, 6.07) is 12.4. The van der Waals surface area contributed by atoms with Crippen LogP contribution in [0.3, 0.4) is 0 Å². The fourth-order valence-electron chi connectivity index (χ4n) is 4.27. The topological polar surface area (TPSA) is 39.9 Å². The number of hydrogen-bond donors (Lipinski definition) is 0. The van der Waals surface area contributed by atoms with E-state index in [-0.39, 0.29) is 0 Å². The summed E-state index contributed by atoms with van der Waals surface area (Å²) in [5.74, 6) is 1.21. The summed E-state index contributed by atoms with van der Waals surface area (Å²) < 4.78 is 5.52. The molecule has 150 valence electrons. The standard InChI is InChI=1S/C23H31N3O2/c27-23-9-12-25(14-16-26(23)15-13-24-10-2-1-3-11-24)19-20-6-4-7-21(18-20)22-8-5-17-28-22/h4-8,17-18H,1-3,9-16,19H2. The van der Waals surface area contributed by atoms with Crippen LogP contribution in [0.15, 0.2) is 47.1 Å². The maximum absolute atomic E-state index is 12.6. The van der Waals surface area contributed by atoms with Gasteiger partial charge in [-0.15, -0.1) is 0 Å². The normalized spacial score (nSPS) is 19.7. The van der Waals surface area contributed by atoms with Crippen LogP contribution in [-0.4, -0.2) is 66.4 Å². The van der Waals surface area contributed by atoms with Gasteiger partial charge in [0.2, 0.25) is 5.91 Å². The lowest BCUT2D eigenvalue weighted by atomic mass is 10.1. The van der Waals surface area contributed by atoms with Gasteiger partial charge in [0, 0.05) is 51.3 Å². The lowest BCUT2D eigenvalue weighted by Gasteiger charge is -2.29. The number of rotatable bonds is 6. The van der Waals surface area contributed by atoms with E-state index in [0.29, 0.717) is 12.3 Å². The molecule has 2 aromatic rings. The molecule has 0 spiro atoms. The number of likely N-dealkylation sites (tertiary alicyclic amines) is 1. The van der Waals surface area contributed by atoms with E-state index in [2.05, 4.69) is 39.0 Å². The zero-order valence-corrected chi connectivity index (χ0v) is 16.7. The van der Waals surface area contributed by atoms with Gasteiger partial charge in [0.1, 0.15) is 5.76 Å². The van der Waals surface area contributed by atoms with Crippen LogP contribution in [0.25, 0.3) is 11.3 Å². The third-order valence-corrected chi connectivity index (χ3v) is 5.95. The van der Waals surface area contributed by atoms with E-state index >= 15 is 0 Å². The average molecular weight is 382 g/mol. The third kappa shape index (κ3) is 5.03. The van der Waals surface area contributed by atoms with Gasteiger partial charge in [0.05, 0.1) is 6.26 Å². The Hall–Kier alpha value is -2.11. The molecule has 2 aliphatic rings. The Morgan fingerprint density at radius 3 is 2.57 bits per heavy atom. The fourth-order valence-corrected chi connectivity index (χ4v) is 4.27. The number of furan rings is 1. The summed E-state index contributed by atoms with van der Waals surface area (Å²) in [5, 5.41) is 0. The first kappa shape index (κ1) is 19.2. The van der Waals surface area contributed by atoms with Gasteiger partial charge in [0.25, 0.3) is 0 Å². The zero-order valence-electron chi connectivity index (χ0n) is 16.7. The molecule has 2 fully saturated rings. The van der Waals surface area contributed by atoms with Crippen molar-refractivity contribution in [3.05, 3.63) is 48.2 Å². The van der Waals surface area contributed by atoms with Gasteiger partial charge in [0.15, 0.2) is 0 Å². The Kier molecular flexibility index (Phi) is 6.45. The molecule has 0 atom stereocenters. The summed E-state index contributed by atoms with van der Waals surface area (Å²) in [7, 11) is 0. The van der Waals surface area contributed by atoms with Crippen LogP contribution in [0.1, 0.15) is 31.2 Å². The van der Waals surface area contributed by atoms with E-state index in [9.17, 15) is 4.79 Å². The van der Waals surface area contributed by atoms with Crippen LogP contribution in [-0.2, 0) is 11.3 Å². The Balaban J connectivity index is 1.31. The SMILES string of the molecule is O=C1CCN(Cc2cccc(-c3ccco3)c2)CCN1CCN1CCCCC1. The van der Waals surface area contributed by atoms with Crippen LogP contribution in [0.4, 0.5) is 0 Å². The molecule has 28 heavy (non-hydrogen) atoms. The molecule has 1 amide bonds. The molecule has 0 saturated carbocycles. The minimum Gasteiger partial charge on any atom is -0.464 e. The number of carbonyl (C=O) groups is 1. The number of benzene rings is 1. The van der Waals surface area contributed by atoms with Crippen molar-refractivity contribution < 1.29 is 9.21 Å². The molecule has 0 bridgehead atoms. The minimum atomic E-state index is 0.309. The van der Waals surface area contributed by atoms with Gasteiger partial charge in [-0.25, -0.2) is 0 Å². The summed E-state index contributed by atoms with van der Waals surface area (Å²) in [6.45, 7) is 7.78. The zero-order chi connectivity index (χ0) is 19.2. The van der Waals surface area contributed by atoms with E-state index in [1.165, 1.54) is 37.9 Å². The third-order valence-electron chi connectivity index (χ3n) is 5.95. The van der Waals surface area contributed by atoms with Gasteiger partial charge < -0.3 is 14.2 Å². The largest absolute Gasteiger partial charge is 0.464 e. The Labute approximate surface area is 167 Å². The molecule has 4 rings (SSSR count). The highest BCUT2D eigenvalue weighted by molar-refractivity contribution is 5.76. The van der Waals surface area contributed by atoms with Crippen LogP contribution in [0.2, 0.25) is 0 Å². The predicted octanol–water partition coefficient (Wildman–Crippen LogP) is 3.47. The molecule has 5 heteroatoms. The Morgan fingerprint density at radius 1 is 0.857 bits per heavy atom. The highest BCUT2D eigenvalue weighted by Gasteiger charge is 2.22. The monoisotopic (exact) mass is 381 g/mol. The molecule has 2 aliphatic heterocycles. The van der Waals surface area contributed by atoms with Crippen molar-refractivity contribution in [2.75, 3.05) is 45.8 Å².